The van der Waals surface area contributed by atoms with E-state index in [4.69, 9.17) is 5.11 Å². The lowest BCUT2D eigenvalue weighted by Gasteiger charge is -2.17. The third-order valence-corrected chi connectivity index (χ3v) is 3.64. The summed E-state index contributed by atoms with van der Waals surface area (Å²) in [6.07, 6.45) is 5.01. The number of carboxylic acid groups (broad SMARTS) is 1. The van der Waals surface area contributed by atoms with Gasteiger partial charge in [0.15, 0.2) is 0 Å². The maximum absolute atomic E-state index is 12.1. The molecule has 1 rings (SSSR count). The molecule has 0 radical (unpaired) electrons. The van der Waals surface area contributed by atoms with E-state index in [0.29, 0.717) is 12.8 Å². The van der Waals surface area contributed by atoms with Crippen LogP contribution in [0.15, 0.2) is 24.3 Å². The van der Waals surface area contributed by atoms with Crippen molar-refractivity contribution in [2.24, 2.45) is 0 Å². The molecular formula is C17H25NO3. The van der Waals surface area contributed by atoms with Gasteiger partial charge in [0, 0.05) is 25.6 Å². The van der Waals surface area contributed by atoms with E-state index in [1.165, 1.54) is 5.56 Å². The molecule has 0 saturated carbocycles. The number of nitrogens with zero attached hydrogens (tertiary/aromatic N) is 1. The number of carbonyl (C=O) groups is 2. The van der Waals surface area contributed by atoms with Gasteiger partial charge in [0.2, 0.25) is 5.91 Å². The van der Waals surface area contributed by atoms with Crippen molar-refractivity contribution in [3.63, 3.8) is 0 Å². The van der Waals surface area contributed by atoms with E-state index in [-0.39, 0.29) is 12.3 Å². The van der Waals surface area contributed by atoms with E-state index >= 15 is 0 Å². The highest BCUT2D eigenvalue weighted by Crippen LogP contribution is 2.16. The molecule has 0 atom stereocenters. The van der Waals surface area contributed by atoms with Gasteiger partial charge >= 0.3 is 5.97 Å². The topological polar surface area (TPSA) is 57.6 Å². The molecule has 0 spiro atoms. The van der Waals surface area contributed by atoms with E-state index in [1.807, 2.05) is 24.3 Å². The van der Waals surface area contributed by atoms with Crippen LogP contribution in [-0.4, -0.2) is 24.0 Å². The zero-order valence-electron chi connectivity index (χ0n) is 13.0. The predicted octanol–water partition coefficient (Wildman–Crippen LogP) is 3.64. The summed E-state index contributed by atoms with van der Waals surface area (Å²) in [7, 11) is 1.80. The summed E-state index contributed by atoms with van der Waals surface area (Å²) in [6, 6.07) is 8.04. The summed E-state index contributed by atoms with van der Waals surface area (Å²) in [5.74, 6) is -0.640. The lowest BCUT2D eigenvalue weighted by atomic mass is 10.1. The van der Waals surface area contributed by atoms with Crippen molar-refractivity contribution in [1.29, 1.82) is 0 Å². The predicted molar refractivity (Wildman–Crippen MR) is 84.6 cm³/mol. The summed E-state index contributed by atoms with van der Waals surface area (Å²) in [6.45, 7) is 2.11. The Morgan fingerprint density at radius 3 is 2.10 bits per heavy atom. The number of hydrogen-bond donors (Lipinski definition) is 1. The molecule has 116 valence electrons. The second kappa shape index (κ2) is 9.16. The summed E-state index contributed by atoms with van der Waals surface area (Å²) in [5.41, 5.74) is 2.18. The average Bonchev–Trinajstić information content (AvgIpc) is 2.49. The standard InChI is InChI=1S/C17H25NO3/c1-3-14-10-12-15(13-11-14)18(2)16(19)8-6-4-5-7-9-17(20)21/h10-13H,3-9H2,1-2H3,(H,20,21). The quantitative estimate of drug-likeness (QED) is 0.707. The van der Waals surface area contributed by atoms with Crippen molar-refractivity contribution in [3.05, 3.63) is 29.8 Å². The van der Waals surface area contributed by atoms with Crippen LogP contribution in [0.2, 0.25) is 0 Å². The Labute approximate surface area is 126 Å². The van der Waals surface area contributed by atoms with Crippen LogP contribution in [0.4, 0.5) is 5.69 Å². The monoisotopic (exact) mass is 291 g/mol. The summed E-state index contributed by atoms with van der Waals surface area (Å²) in [4.78, 5) is 24.1. The van der Waals surface area contributed by atoms with Gasteiger partial charge in [-0.3, -0.25) is 9.59 Å². The number of carboxylic acids is 1. The smallest absolute Gasteiger partial charge is 0.303 e. The van der Waals surface area contributed by atoms with Gasteiger partial charge in [0.1, 0.15) is 0 Å². The van der Waals surface area contributed by atoms with E-state index < -0.39 is 5.97 Å². The Bertz CT molecular complexity index is 454. The molecule has 4 nitrogen and oxygen atoms in total. The van der Waals surface area contributed by atoms with Crippen LogP contribution in [0.3, 0.4) is 0 Å². The molecule has 1 aromatic rings. The third-order valence-electron chi connectivity index (χ3n) is 3.64. The van der Waals surface area contributed by atoms with Crippen molar-refractivity contribution in [2.75, 3.05) is 11.9 Å². The highest BCUT2D eigenvalue weighted by molar-refractivity contribution is 5.92. The fraction of sp³-hybridized carbons (Fsp3) is 0.529. The summed E-state index contributed by atoms with van der Waals surface area (Å²) >= 11 is 0. The molecule has 1 aromatic carbocycles. The number of aryl methyl sites for hydroxylation is 1. The van der Waals surface area contributed by atoms with Crippen molar-refractivity contribution in [1.82, 2.24) is 0 Å². The van der Waals surface area contributed by atoms with Crippen molar-refractivity contribution < 1.29 is 14.7 Å². The Kier molecular flexibility index (Phi) is 7.51. The molecule has 0 unspecified atom stereocenters. The van der Waals surface area contributed by atoms with Gasteiger partial charge in [0.25, 0.3) is 0 Å². The van der Waals surface area contributed by atoms with Gasteiger partial charge < -0.3 is 10.0 Å². The van der Waals surface area contributed by atoms with Crippen LogP contribution in [0.5, 0.6) is 0 Å². The Morgan fingerprint density at radius 1 is 1.00 bits per heavy atom. The first kappa shape index (κ1) is 17.2. The Morgan fingerprint density at radius 2 is 1.57 bits per heavy atom. The minimum Gasteiger partial charge on any atom is -0.481 e. The number of carbonyl (C=O) groups excluding carboxylic acids is 1. The van der Waals surface area contributed by atoms with Crippen LogP contribution in [-0.2, 0) is 16.0 Å². The summed E-state index contributed by atoms with van der Waals surface area (Å²) in [5, 5.41) is 8.53. The van der Waals surface area contributed by atoms with Gasteiger partial charge in [-0.2, -0.15) is 0 Å². The van der Waals surface area contributed by atoms with Crippen molar-refractivity contribution >= 4 is 17.6 Å². The molecule has 0 aliphatic rings. The third kappa shape index (κ3) is 6.43. The Balaban J connectivity index is 2.28. The van der Waals surface area contributed by atoms with Crippen molar-refractivity contribution in [3.8, 4) is 0 Å². The number of amides is 1. The molecule has 0 saturated heterocycles. The lowest BCUT2D eigenvalue weighted by Crippen LogP contribution is -2.25. The average molecular weight is 291 g/mol. The normalized spacial score (nSPS) is 10.4. The maximum atomic E-state index is 12.1. The molecular weight excluding hydrogens is 266 g/mol. The molecule has 0 aliphatic carbocycles. The maximum Gasteiger partial charge on any atom is 0.303 e. The first-order chi connectivity index (χ1) is 10.0. The minimum absolute atomic E-state index is 0.109. The molecule has 0 aliphatic heterocycles. The lowest BCUT2D eigenvalue weighted by molar-refractivity contribution is -0.137. The number of benzene rings is 1. The second-order valence-corrected chi connectivity index (χ2v) is 5.28. The number of rotatable bonds is 9. The molecule has 0 aromatic heterocycles. The van der Waals surface area contributed by atoms with Crippen LogP contribution in [0, 0.1) is 0 Å². The molecule has 0 fully saturated rings. The van der Waals surface area contributed by atoms with E-state index in [9.17, 15) is 9.59 Å². The first-order valence-electron chi connectivity index (χ1n) is 7.62. The fourth-order valence-electron chi connectivity index (χ4n) is 2.17. The number of aliphatic carboxylic acids is 1. The molecule has 0 heterocycles. The van der Waals surface area contributed by atoms with E-state index in [2.05, 4.69) is 6.92 Å². The molecule has 4 heteroatoms. The van der Waals surface area contributed by atoms with Gasteiger partial charge in [-0.15, -0.1) is 0 Å². The minimum atomic E-state index is -0.749. The van der Waals surface area contributed by atoms with Crippen molar-refractivity contribution in [2.45, 2.75) is 51.9 Å². The first-order valence-corrected chi connectivity index (χ1v) is 7.62. The number of anilines is 1. The van der Waals surface area contributed by atoms with Crippen LogP contribution < -0.4 is 4.90 Å². The largest absolute Gasteiger partial charge is 0.481 e. The van der Waals surface area contributed by atoms with Gasteiger partial charge in [-0.1, -0.05) is 31.9 Å². The van der Waals surface area contributed by atoms with Gasteiger partial charge in [-0.05, 0) is 37.0 Å². The van der Waals surface area contributed by atoms with E-state index in [1.54, 1.807) is 11.9 Å². The van der Waals surface area contributed by atoms with Crippen LogP contribution in [0.1, 0.15) is 51.0 Å². The summed E-state index contributed by atoms with van der Waals surface area (Å²) < 4.78 is 0. The number of unbranched alkanes of at least 4 members (excludes halogenated alkanes) is 3. The van der Waals surface area contributed by atoms with Crippen LogP contribution in [0.25, 0.3) is 0 Å². The van der Waals surface area contributed by atoms with Gasteiger partial charge in [0.05, 0.1) is 0 Å². The Hall–Kier alpha value is -1.84. The zero-order chi connectivity index (χ0) is 15.7. The van der Waals surface area contributed by atoms with Crippen LogP contribution >= 0.6 is 0 Å². The number of hydrogen-bond acceptors (Lipinski definition) is 2. The highest BCUT2D eigenvalue weighted by Gasteiger charge is 2.10. The highest BCUT2D eigenvalue weighted by atomic mass is 16.4. The molecule has 1 amide bonds. The zero-order valence-corrected chi connectivity index (χ0v) is 13.0. The van der Waals surface area contributed by atoms with Gasteiger partial charge in [-0.25, -0.2) is 0 Å². The molecule has 1 N–H and O–H groups in total. The second-order valence-electron chi connectivity index (χ2n) is 5.28. The van der Waals surface area contributed by atoms with E-state index in [0.717, 1.165) is 31.4 Å². The molecule has 21 heavy (non-hydrogen) atoms. The fourth-order valence-corrected chi connectivity index (χ4v) is 2.17. The SMILES string of the molecule is CCc1ccc(N(C)C(=O)CCCCCCC(=O)O)cc1. The molecule has 0 bridgehead atoms.